The average Bonchev–Trinajstić information content (AvgIpc) is 3.38. The van der Waals surface area contributed by atoms with Crippen LogP contribution in [0, 0.1) is 17.8 Å². The van der Waals surface area contributed by atoms with Crippen LogP contribution in [0.3, 0.4) is 0 Å². The summed E-state index contributed by atoms with van der Waals surface area (Å²) in [6.45, 7) is 2.39. The zero-order chi connectivity index (χ0) is 20.8. The second kappa shape index (κ2) is 7.53. The second-order valence-electron chi connectivity index (χ2n) is 9.27. The van der Waals surface area contributed by atoms with Gasteiger partial charge in [0.15, 0.2) is 0 Å². The third kappa shape index (κ3) is 3.21. The minimum absolute atomic E-state index is 0.0182. The maximum absolute atomic E-state index is 12.9. The van der Waals surface area contributed by atoms with Crippen molar-refractivity contribution in [3.8, 4) is 0 Å². The molecule has 30 heavy (non-hydrogen) atoms. The van der Waals surface area contributed by atoms with Crippen LogP contribution in [-0.4, -0.2) is 35.2 Å². The van der Waals surface area contributed by atoms with Crippen LogP contribution >= 0.6 is 0 Å². The van der Waals surface area contributed by atoms with E-state index in [1.54, 1.807) is 12.1 Å². The van der Waals surface area contributed by atoms with Crippen LogP contribution in [0.4, 0.5) is 0 Å². The molecule has 0 spiro atoms. The zero-order valence-electron chi connectivity index (χ0n) is 17.4. The number of hydrogen-bond acceptors (Lipinski definition) is 3. The summed E-state index contributed by atoms with van der Waals surface area (Å²) in [5, 5.41) is 4.81. The number of rotatable bonds is 6. The van der Waals surface area contributed by atoms with Crippen molar-refractivity contribution in [2.24, 2.45) is 17.8 Å². The molecule has 3 aliphatic rings. The lowest BCUT2D eigenvalue weighted by atomic mass is 9.84. The summed E-state index contributed by atoms with van der Waals surface area (Å²) in [5.74, 6) is 1.74. The van der Waals surface area contributed by atoms with Gasteiger partial charge in [0.25, 0.3) is 11.8 Å². The van der Waals surface area contributed by atoms with Gasteiger partial charge < -0.3 is 5.32 Å². The summed E-state index contributed by atoms with van der Waals surface area (Å²) >= 11 is 0. The van der Waals surface area contributed by atoms with Gasteiger partial charge in [-0.3, -0.25) is 19.3 Å². The summed E-state index contributed by atoms with van der Waals surface area (Å²) in [6, 6.07) is 11.3. The summed E-state index contributed by atoms with van der Waals surface area (Å²) in [4.78, 5) is 39.6. The predicted octanol–water partition coefficient (Wildman–Crippen LogP) is 4.16. The third-order valence-corrected chi connectivity index (χ3v) is 7.47. The van der Waals surface area contributed by atoms with Gasteiger partial charge in [-0.2, -0.15) is 0 Å². The fraction of sp³-hybridized carbons (Fsp3) is 0.480. The molecule has 1 heterocycles. The number of imide groups is 1. The monoisotopic (exact) mass is 404 g/mol. The molecule has 5 nitrogen and oxygen atoms in total. The highest BCUT2D eigenvalue weighted by atomic mass is 16.2. The van der Waals surface area contributed by atoms with Gasteiger partial charge >= 0.3 is 0 Å². The normalized spacial score (nSPS) is 25.8. The van der Waals surface area contributed by atoms with Gasteiger partial charge in [-0.05, 0) is 67.9 Å². The summed E-state index contributed by atoms with van der Waals surface area (Å²) in [5.41, 5.74) is 1.13. The van der Waals surface area contributed by atoms with Crippen LogP contribution in [0.5, 0.6) is 0 Å². The van der Waals surface area contributed by atoms with Crippen molar-refractivity contribution < 1.29 is 14.4 Å². The van der Waals surface area contributed by atoms with Crippen molar-refractivity contribution >= 4 is 28.5 Å². The Morgan fingerprint density at radius 2 is 1.77 bits per heavy atom. The predicted molar refractivity (Wildman–Crippen MR) is 115 cm³/mol. The first-order valence-electron chi connectivity index (χ1n) is 11.2. The van der Waals surface area contributed by atoms with E-state index in [1.165, 1.54) is 30.6 Å². The Kier molecular flexibility index (Phi) is 4.84. The van der Waals surface area contributed by atoms with Gasteiger partial charge in [0.1, 0.15) is 0 Å². The molecule has 3 amide bonds. The largest absolute Gasteiger partial charge is 0.353 e. The molecule has 5 rings (SSSR count). The topological polar surface area (TPSA) is 66.5 Å². The van der Waals surface area contributed by atoms with Crippen molar-refractivity contribution in [1.29, 1.82) is 0 Å². The highest BCUT2D eigenvalue weighted by Crippen LogP contribution is 2.49. The molecular weight excluding hydrogens is 376 g/mol. The van der Waals surface area contributed by atoms with E-state index in [0.29, 0.717) is 29.9 Å². The SMILES string of the molecule is CC(NC(=O)CCCN1C(=O)c2cccc3cccc(c23)C1=O)C1CC2CCC1C2. The number of hydrogen-bond donors (Lipinski definition) is 1. The molecule has 4 atom stereocenters. The summed E-state index contributed by atoms with van der Waals surface area (Å²) in [6.07, 6.45) is 6.05. The number of carbonyl (C=O) groups excluding carboxylic acids is 3. The molecule has 1 aliphatic heterocycles. The molecular formula is C25H28N2O3. The van der Waals surface area contributed by atoms with Crippen molar-refractivity contribution in [3.63, 3.8) is 0 Å². The molecule has 2 bridgehead atoms. The molecule has 0 radical (unpaired) electrons. The van der Waals surface area contributed by atoms with E-state index in [4.69, 9.17) is 0 Å². The zero-order valence-corrected chi connectivity index (χ0v) is 17.4. The number of fused-ring (bicyclic) bond motifs is 2. The van der Waals surface area contributed by atoms with E-state index < -0.39 is 0 Å². The molecule has 2 aliphatic carbocycles. The molecule has 5 heteroatoms. The van der Waals surface area contributed by atoms with E-state index in [9.17, 15) is 14.4 Å². The molecule has 2 fully saturated rings. The fourth-order valence-electron chi connectivity index (χ4n) is 6.02. The lowest BCUT2D eigenvalue weighted by Gasteiger charge is -2.29. The minimum Gasteiger partial charge on any atom is -0.353 e. The van der Waals surface area contributed by atoms with Crippen LogP contribution in [0.15, 0.2) is 36.4 Å². The summed E-state index contributed by atoms with van der Waals surface area (Å²) in [7, 11) is 0. The van der Waals surface area contributed by atoms with Gasteiger partial charge in [-0.1, -0.05) is 30.7 Å². The van der Waals surface area contributed by atoms with E-state index in [2.05, 4.69) is 12.2 Å². The number of nitrogens with one attached hydrogen (secondary N) is 1. The fourth-order valence-corrected chi connectivity index (χ4v) is 6.02. The second-order valence-corrected chi connectivity index (χ2v) is 9.27. The molecule has 156 valence electrons. The van der Waals surface area contributed by atoms with E-state index in [1.807, 2.05) is 24.3 Å². The van der Waals surface area contributed by atoms with Crippen LogP contribution in [0.25, 0.3) is 10.8 Å². The smallest absolute Gasteiger partial charge is 0.261 e. The Labute approximate surface area is 176 Å². The molecule has 0 saturated heterocycles. The van der Waals surface area contributed by atoms with E-state index in [0.717, 1.165) is 22.6 Å². The van der Waals surface area contributed by atoms with E-state index >= 15 is 0 Å². The van der Waals surface area contributed by atoms with Gasteiger partial charge in [0.05, 0.1) is 0 Å². The maximum Gasteiger partial charge on any atom is 0.261 e. The van der Waals surface area contributed by atoms with Crippen molar-refractivity contribution in [2.75, 3.05) is 6.54 Å². The minimum atomic E-state index is -0.264. The van der Waals surface area contributed by atoms with Crippen molar-refractivity contribution in [2.45, 2.75) is 51.5 Å². The number of amides is 3. The Bertz CT molecular complexity index is 979. The molecule has 0 aromatic heterocycles. The third-order valence-electron chi connectivity index (χ3n) is 7.47. The Morgan fingerprint density at radius 3 is 2.37 bits per heavy atom. The average molecular weight is 405 g/mol. The van der Waals surface area contributed by atoms with Gasteiger partial charge in [0, 0.05) is 35.5 Å². The molecule has 4 unspecified atom stereocenters. The number of benzene rings is 2. The lowest BCUT2D eigenvalue weighted by Crippen LogP contribution is -2.42. The van der Waals surface area contributed by atoms with Crippen LogP contribution < -0.4 is 5.32 Å². The Morgan fingerprint density at radius 1 is 1.07 bits per heavy atom. The van der Waals surface area contributed by atoms with Crippen molar-refractivity contribution in [3.05, 3.63) is 47.5 Å². The molecule has 2 aromatic rings. The molecule has 2 saturated carbocycles. The first kappa shape index (κ1) is 19.3. The maximum atomic E-state index is 12.9. The highest BCUT2D eigenvalue weighted by Gasteiger charge is 2.42. The molecule has 2 aromatic carbocycles. The highest BCUT2D eigenvalue weighted by molar-refractivity contribution is 6.25. The quantitative estimate of drug-likeness (QED) is 0.736. The standard InChI is InChI=1S/C25H28N2O3/c1-15(21-14-16-10-11-18(21)13-16)26-22(28)9-4-12-27-24(29)19-7-2-5-17-6-3-8-20(23(17)19)25(27)30/h2-3,5-8,15-16,18,21H,4,9-14H2,1H3,(H,26,28). The van der Waals surface area contributed by atoms with Gasteiger partial charge in [-0.25, -0.2) is 0 Å². The Hall–Kier alpha value is -2.69. The first-order valence-corrected chi connectivity index (χ1v) is 11.2. The van der Waals surface area contributed by atoms with Crippen molar-refractivity contribution in [1.82, 2.24) is 10.2 Å². The van der Waals surface area contributed by atoms with Gasteiger partial charge in [0.2, 0.25) is 5.91 Å². The lowest BCUT2D eigenvalue weighted by molar-refractivity contribution is -0.122. The van der Waals surface area contributed by atoms with E-state index in [-0.39, 0.29) is 30.3 Å². The van der Waals surface area contributed by atoms with Crippen LogP contribution in [0.2, 0.25) is 0 Å². The summed E-state index contributed by atoms with van der Waals surface area (Å²) < 4.78 is 0. The van der Waals surface area contributed by atoms with Crippen LogP contribution in [-0.2, 0) is 4.79 Å². The van der Waals surface area contributed by atoms with Gasteiger partial charge in [-0.15, -0.1) is 0 Å². The van der Waals surface area contributed by atoms with Crippen LogP contribution in [0.1, 0.15) is 66.2 Å². The molecule has 1 N–H and O–H groups in total. The number of carbonyl (C=O) groups is 3. The Balaban J connectivity index is 1.19. The first-order chi connectivity index (χ1) is 14.5. The number of nitrogens with zero attached hydrogens (tertiary/aromatic N) is 1.